The van der Waals surface area contributed by atoms with Gasteiger partial charge in [-0.3, -0.25) is 0 Å². The molecule has 3 nitrogen and oxygen atoms in total. The summed E-state index contributed by atoms with van der Waals surface area (Å²) in [4.78, 5) is 16.2. The number of hydrogen-bond donors (Lipinski definition) is 0. The molecule has 3 atom stereocenters. The van der Waals surface area contributed by atoms with Crippen molar-refractivity contribution in [3.8, 4) is 5.75 Å². The standard InChI is InChI=1S/C23H30O.CO2/c1-4-24-23-12-10-20(11-13-23)22-9-8-19(16-22)15-18(3)21-7-5-6-17(2)14-21;2-1-3/h5-7,10-14,18-19,22H,4,8-9,15-16H2,1-3H3;/t18-,19?,22+;/m0./s1. The van der Waals surface area contributed by atoms with Crippen LogP contribution < -0.4 is 4.74 Å². The Morgan fingerprint density at radius 2 is 1.81 bits per heavy atom. The maximum atomic E-state index is 8.12. The van der Waals surface area contributed by atoms with E-state index in [-0.39, 0.29) is 6.15 Å². The van der Waals surface area contributed by atoms with E-state index in [1.54, 1.807) is 0 Å². The molecule has 0 aliphatic heterocycles. The van der Waals surface area contributed by atoms with E-state index in [1.807, 2.05) is 6.92 Å². The molecule has 1 unspecified atom stereocenters. The van der Waals surface area contributed by atoms with Gasteiger partial charge in [-0.05, 0) is 80.5 Å². The Balaban J connectivity index is 0.000000817. The predicted octanol–water partition coefficient (Wildman–Crippen LogP) is 5.89. The van der Waals surface area contributed by atoms with Crippen LogP contribution in [0.15, 0.2) is 48.5 Å². The van der Waals surface area contributed by atoms with Crippen molar-refractivity contribution < 1.29 is 14.3 Å². The molecule has 0 bridgehead atoms. The number of aryl methyl sites for hydroxylation is 1. The van der Waals surface area contributed by atoms with Crippen LogP contribution in [0.5, 0.6) is 5.75 Å². The third-order valence-electron chi connectivity index (χ3n) is 5.50. The minimum atomic E-state index is 0.250. The number of carbonyl (C=O) groups excluding carboxylic acids is 2. The molecule has 2 aromatic carbocycles. The quantitative estimate of drug-likeness (QED) is 0.640. The average molecular weight is 367 g/mol. The van der Waals surface area contributed by atoms with Crippen LogP contribution in [0.2, 0.25) is 0 Å². The maximum absolute atomic E-state index is 8.12. The lowest BCUT2D eigenvalue weighted by Gasteiger charge is -2.18. The molecule has 0 N–H and O–H groups in total. The molecular weight excluding hydrogens is 336 g/mol. The molecule has 0 amide bonds. The molecular formula is C24H30O3. The van der Waals surface area contributed by atoms with Gasteiger partial charge >= 0.3 is 6.15 Å². The van der Waals surface area contributed by atoms with E-state index in [9.17, 15) is 0 Å². The van der Waals surface area contributed by atoms with Gasteiger partial charge in [0.2, 0.25) is 0 Å². The molecule has 1 aliphatic carbocycles. The van der Waals surface area contributed by atoms with Crippen LogP contribution >= 0.6 is 0 Å². The van der Waals surface area contributed by atoms with Crippen molar-refractivity contribution in [2.24, 2.45) is 5.92 Å². The number of benzene rings is 2. The molecule has 3 rings (SSSR count). The van der Waals surface area contributed by atoms with Crippen LogP contribution in [0.25, 0.3) is 0 Å². The summed E-state index contributed by atoms with van der Waals surface area (Å²) < 4.78 is 5.56. The van der Waals surface area contributed by atoms with Crippen molar-refractivity contribution in [2.45, 2.75) is 58.3 Å². The summed E-state index contributed by atoms with van der Waals surface area (Å²) in [5.74, 6) is 3.24. The fraction of sp³-hybridized carbons (Fsp3) is 0.458. The predicted molar refractivity (Wildman–Crippen MR) is 107 cm³/mol. The summed E-state index contributed by atoms with van der Waals surface area (Å²) in [5.41, 5.74) is 4.36. The highest BCUT2D eigenvalue weighted by Crippen LogP contribution is 2.42. The van der Waals surface area contributed by atoms with Crippen molar-refractivity contribution in [1.82, 2.24) is 0 Å². The maximum Gasteiger partial charge on any atom is 0.373 e. The molecule has 0 spiro atoms. The third-order valence-corrected chi connectivity index (χ3v) is 5.50. The smallest absolute Gasteiger partial charge is 0.373 e. The van der Waals surface area contributed by atoms with Crippen molar-refractivity contribution in [3.63, 3.8) is 0 Å². The minimum Gasteiger partial charge on any atom is -0.494 e. The van der Waals surface area contributed by atoms with Crippen LogP contribution in [0.4, 0.5) is 0 Å². The monoisotopic (exact) mass is 366 g/mol. The van der Waals surface area contributed by atoms with E-state index in [1.165, 1.54) is 42.4 Å². The van der Waals surface area contributed by atoms with Crippen LogP contribution in [-0.2, 0) is 9.59 Å². The molecule has 0 heterocycles. The first-order valence-corrected chi connectivity index (χ1v) is 9.86. The van der Waals surface area contributed by atoms with E-state index < -0.39 is 0 Å². The molecule has 1 aliphatic rings. The third kappa shape index (κ3) is 6.37. The summed E-state index contributed by atoms with van der Waals surface area (Å²) in [7, 11) is 0. The second-order valence-corrected chi connectivity index (χ2v) is 7.51. The molecule has 0 saturated heterocycles. The van der Waals surface area contributed by atoms with E-state index in [0.29, 0.717) is 5.92 Å². The van der Waals surface area contributed by atoms with Gasteiger partial charge < -0.3 is 4.74 Å². The Kier molecular flexibility index (Phi) is 8.29. The van der Waals surface area contributed by atoms with Crippen molar-refractivity contribution in [3.05, 3.63) is 65.2 Å². The van der Waals surface area contributed by atoms with Gasteiger partial charge in [-0.1, -0.05) is 48.9 Å². The molecule has 1 fully saturated rings. The van der Waals surface area contributed by atoms with Gasteiger partial charge in [0.25, 0.3) is 0 Å². The molecule has 2 aromatic rings. The zero-order valence-electron chi connectivity index (χ0n) is 16.6. The molecule has 0 radical (unpaired) electrons. The van der Waals surface area contributed by atoms with Crippen molar-refractivity contribution in [2.75, 3.05) is 6.61 Å². The Bertz CT molecular complexity index is 730. The van der Waals surface area contributed by atoms with Gasteiger partial charge in [-0.15, -0.1) is 0 Å². The highest BCUT2D eigenvalue weighted by molar-refractivity contribution is 5.30. The summed E-state index contributed by atoms with van der Waals surface area (Å²) in [6, 6.07) is 17.8. The zero-order valence-corrected chi connectivity index (χ0v) is 16.6. The molecule has 27 heavy (non-hydrogen) atoms. The van der Waals surface area contributed by atoms with Crippen LogP contribution in [0, 0.1) is 12.8 Å². The van der Waals surface area contributed by atoms with Crippen LogP contribution in [0.1, 0.15) is 68.1 Å². The SMILES string of the molecule is CCOc1ccc([C@@H]2CCC(C[C@H](C)c3cccc(C)c3)C2)cc1.O=C=O. The summed E-state index contributed by atoms with van der Waals surface area (Å²) in [5, 5.41) is 0. The minimum absolute atomic E-state index is 0.250. The van der Waals surface area contributed by atoms with E-state index in [4.69, 9.17) is 14.3 Å². The first-order valence-electron chi connectivity index (χ1n) is 9.86. The average Bonchev–Trinajstić information content (AvgIpc) is 3.12. The van der Waals surface area contributed by atoms with E-state index in [2.05, 4.69) is 62.4 Å². The highest BCUT2D eigenvalue weighted by atomic mass is 16.5. The van der Waals surface area contributed by atoms with E-state index in [0.717, 1.165) is 24.2 Å². The number of rotatable bonds is 6. The van der Waals surface area contributed by atoms with Gasteiger partial charge in [0, 0.05) is 0 Å². The van der Waals surface area contributed by atoms with Gasteiger partial charge in [0.15, 0.2) is 0 Å². The number of hydrogen-bond acceptors (Lipinski definition) is 3. The fourth-order valence-electron chi connectivity index (χ4n) is 4.21. The topological polar surface area (TPSA) is 43.4 Å². The Labute approximate surface area is 162 Å². The summed E-state index contributed by atoms with van der Waals surface area (Å²) >= 11 is 0. The largest absolute Gasteiger partial charge is 0.494 e. The lowest BCUT2D eigenvalue weighted by atomic mass is 9.87. The second-order valence-electron chi connectivity index (χ2n) is 7.51. The Morgan fingerprint density at radius 3 is 2.44 bits per heavy atom. The van der Waals surface area contributed by atoms with Gasteiger partial charge in [0.05, 0.1) is 6.61 Å². The van der Waals surface area contributed by atoms with Gasteiger partial charge in [-0.2, -0.15) is 9.59 Å². The lowest BCUT2D eigenvalue weighted by Crippen LogP contribution is -2.03. The van der Waals surface area contributed by atoms with Gasteiger partial charge in [0.1, 0.15) is 5.75 Å². The Morgan fingerprint density at radius 1 is 1.11 bits per heavy atom. The van der Waals surface area contributed by atoms with E-state index >= 15 is 0 Å². The van der Waals surface area contributed by atoms with Crippen LogP contribution in [-0.4, -0.2) is 12.8 Å². The molecule has 144 valence electrons. The molecule has 3 heteroatoms. The highest BCUT2D eigenvalue weighted by Gasteiger charge is 2.27. The molecule has 1 saturated carbocycles. The first-order chi connectivity index (χ1) is 13.1. The number of ether oxygens (including phenoxy) is 1. The fourth-order valence-corrected chi connectivity index (χ4v) is 4.21. The Hall–Kier alpha value is -2.38. The van der Waals surface area contributed by atoms with Crippen LogP contribution in [0.3, 0.4) is 0 Å². The first kappa shape index (κ1) is 20.9. The summed E-state index contributed by atoms with van der Waals surface area (Å²) in [6.07, 6.45) is 5.61. The second kappa shape index (κ2) is 10.7. The lowest BCUT2D eigenvalue weighted by molar-refractivity contribution is -0.191. The van der Waals surface area contributed by atoms with Crippen molar-refractivity contribution in [1.29, 1.82) is 0 Å². The molecule has 0 aromatic heterocycles. The normalized spacial score (nSPS) is 19.5. The zero-order chi connectivity index (χ0) is 19.6. The summed E-state index contributed by atoms with van der Waals surface area (Å²) in [6.45, 7) is 7.35. The van der Waals surface area contributed by atoms with Gasteiger partial charge in [-0.25, -0.2) is 0 Å². The van der Waals surface area contributed by atoms with Crippen molar-refractivity contribution >= 4 is 6.15 Å².